The first kappa shape index (κ1) is 28.1. The molecule has 0 spiro atoms. The van der Waals surface area contributed by atoms with Crippen molar-refractivity contribution in [1.82, 2.24) is 19.9 Å². The van der Waals surface area contributed by atoms with Gasteiger partial charge in [0.2, 0.25) is 0 Å². The lowest BCUT2D eigenvalue weighted by molar-refractivity contribution is 0.667. The summed E-state index contributed by atoms with van der Waals surface area (Å²) in [7, 11) is 0. The third-order valence-electron chi connectivity index (χ3n) is 9.23. The van der Waals surface area contributed by atoms with Gasteiger partial charge in [-0.25, -0.2) is 19.9 Å². The van der Waals surface area contributed by atoms with Gasteiger partial charge in [0.05, 0.1) is 0 Å². The van der Waals surface area contributed by atoms with Crippen LogP contribution in [0.2, 0.25) is 0 Å². The third-order valence-corrected chi connectivity index (χ3v) is 9.23. The molecule has 0 saturated carbocycles. The number of benzene rings is 6. The van der Waals surface area contributed by atoms with Crippen LogP contribution in [0.4, 0.5) is 0 Å². The maximum Gasteiger partial charge on any atom is 0.180 e. The minimum absolute atomic E-state index is 0.591. The monoisotopic (exact) mass is 642 g/mol. The molecule has 10 aromatic rings. The molecule has 0 fully saturated rings. The molecule has 234 valence electrons. The van der Waals surface area contributed by atoms with Crippen LogP contribution in [0.25, 0.3) is 100 Å². The molecule has 6 heteroatoms. The van der Waals surface area contributed by atoms with Crippen molar-refractivity contribution in [3.05, 3.63) is 158 Å². The molecule has 10 rings (SSSR count). The van der Waals surface area contributed by atoms with Gasteiger partial charge in [-0.1, -0.05) is 127 Å². The Labute approximate surface area is 286 Å². The van der Waals surface area contributed by atoms with E-state index in [0.29, 0.717) is 22.7 Å². The lowest BCUT2D eigenvalue weighted by atomic mass is 10.0. The molecule has 4 aromatic heterocycles. The van der Waals surface area contributed by atoms with Gasteiger partial charge in [0.25, 0.3) is 0 Å². The lowest BCUT2D eigenvalue weighted by Crippen LogP contribution is -1.94. The van der Waals surface area contributed by atoms with Gasteiger partial charge in [-0.2, -0.15) is 0 Å². The van der Waals surface area contributed by atoms with E-state index in [2.05, 4.69) is 83.8 Å². The number of furan rings is 2. The van der Waals surface area contributed by atoms with Crippen LogP contribution in [0, 0.1) is 0 Å². The largest absolute Gasteiger partial charge is 0.452 e. The first-order chi connectivity index (χ1) is 24.8. The molecular weight excluding hydrogens is 617 g/mol. The second-order valence-corrected chi connectivity index (χ2v) is 12.2. The molecule has 0 aliphatic carbocycles. The minimum atomic E-state index is 0.591. The topological polar surface area (TPSA) is 77.8 Å². The molecule has 4 heterocycles. The van der Waals surface area contributed by atoms with Crippen LogP contribution in [0.3, 0.4) is 0 Å². The number of hydrogen-bond acceptors (Lipinski definition) is 6. The van der Waals surface area contributed by atoms with Crippen molar-refractivity contribution in [2.75, 3.05) is 0 Å². The molecule has 0 unspecified atom stereocenters. The van der Waals surface area contributed by atoms with Gasteiger partial charge in [0.15, 0.2) is 17.0 Å². The Balaban J connectivity index is 1.14. The van der Waals surface area contributed by atoms with E-state index in [4.69, 9.17) is 23.8 Å². The van der Waals surface area contributed by atoms with Crippen molar-refractivity contribution in [1.29, 1.82) is 0 Å². The Kier molecular flexibility index (Phi) is 6.39. The Bertz CT molecular complexity index is 2860. The maximum atomic E-state index is 6.67. The highest BCUT2D eigenvalue weighted by molar-refractivity contribution is 6.11. The average molecular weight is 643 g/mol. The van der Waals surface area contributed by atoms with E-state index in [0.717, 1.165) is 77.6 Å². The van der Waals surface area contributed by atoms with Crippen LogP contribution < -0.4 is 0 Å². The SMILES string of the molecule is c1ccc(-c2ccc3c(c2)oc2c(-c4cccc(-c5nc(-c6ccccc6)c6oc7c(-c8ccccc8)cccc7c6n5)c4)ncnc23)cc1. The summed E-state index contributed by atoms with van der Waals surface area (Å²) in [5, 5.41) is 1.88. The van der Waals surface area contributed by atoms with E-state index < -0.39 is 0 Å². The number of para-hydroxylation sites is 1. The predicted molar refractivity (Wildman–Crippen MR) is 199 cm³/mol. The summed E-state index contributed by atoms with van der Waals surface area (Å²) in [6.45, 7) is 0. The van der Waals surface area contributed by atoms with Crippen molar-refractivity contribution < 1.29 is 8.83 Å². The third kappa shape index (κ3) is 4.58. The summed E-state index contributed by atoms with van der Waals surface area (Å²) in [6, 6.07) is 51.3. The fourth-order valence-corrected chi connectivity index (χ4v) is 6.83. The molecule has 6 nitrogen and oxygen atoms in total. The summed E-state index contributed by atoms with van der Waals surface area (Å²) in [5.41, 5.74) is 12.8. The number of aromatic nitrogens is 4. The number of rotatable bonds is 5. The summed E-state index contributed by atoms with van der Waals surface area (Å²) < 4.78 is 13.2. The van der Waals surface area contributed by atoms with Gasteiger partial charge in [-0.3, -0.25) is 0 Å². The van der Waals surface area contributed by atoms with Crippen molar-refractivity contribution >= 4 is 44.1 Å². The van der Waals surface area contributed by atoms with E-state index >= 15 is 0 Å². The van der Waals surface area contributed by atoms with Gasteiger partial charge in [0.1, 0.15) is 39.9 Å². The van der Waals surface area contributed by atoms with Crippen LogP contribution in [0.15, 0.2) is 167 Å². The Morgan fingerprint density at radius 3 is 1.86 bits per heavy atom. The summed E-state index contributed by atoms with van der Waals surface area (Å²) >= 11 is 0. The van der Waals surface area contributed by atoms with E-state index in [9.17, 15) is 0 Å². The molecule has 0 bridgehead atoms. The van der Waals surface area contributed by atoms with Crippen LogP contribution in [-0.2, 0) is 0 Å². The maximum absolute atomic E-state index is 6.67. The highest BCUT2D eigenvalue weighted by Crippen LogP contribution is 2.40. The first-order valence-electron chi connectivity index (χ1n) is 16.5. The number of hydrogen-bond donors (Lipinski definition) is 0. The van der Waals surface area contributed by atoms with Crippen LogP contribution in [0.5, 0.6) is 0 Å². The second kappa shape index (κ2) is 11.4. The average Bonchev–Trinajstić information content (AvgIpc) is 3.77. The fraction of sp³-hybridized carbons (Fsp3) is 0. The molecule has 0 amide bonds. The quantitative estimate of drug-likeness (QED) is 0.186. The number of nitrogens with zero attached hydrogens (tertiary/aromatic N) is 4. The van der Waals surface area contributed by atoms with Crippen molar-refractivity contribution in [2.24, 2.45) is 0 Å². The molecule has 0 atom stereocenters. The minimum Gasteiger partial charge on any atom is -0.452 e. The van der Waals surface area contributed by atoms with Gasteiger partial charge in [-0.05, 0) is 41.0 Å². The zero-order valence-electron chi connectivity index (χ0n) is 26.6. The number of fused-ring (bicyclic) bond motifs is 6. The summed E-state index contributed by atoms with van der Waals surface area (Å²) in [5.74, 6) is 0.591. The van der Waals surface area contributed by atoms with Crippen LogP contribution >= 0.6 is 0 Å². The molecule has 6 aromatic carbocycles. The molecule has 0 radical (unpaired) electrons. The highest BCUT2D eigenvalue weighted by atomic mass is 16.3. The zero-order chi connectivity index (χ0) is 33.0. The Morgan fingerprint density at radius 2 is 1.06 bits per heavy atom. The van der Waals surface area contributed by atoms with Gasteiger partial charge in [0, 0.05) is 33.0 Å². The van der Waals surface area contributed by atoms with Crippen molar-refractivity contribution in [3.8, 4) is 56.2 Å². The highest BCUT2D eigenvalue weighted by Gasteiger charge is 2.21. The molecule has 0 aliphatic rings. The fourth-order valence-electron chi connectivity index (χ4n) is 6.83. The van der Waals surface area contributed by atoms with Crippen molar-refractivity contribution in [3.63, 3.8) is 0 Å². The summed E-state index contributed by atoms with van der Waals surface area (Å²) in [4.78, 5) is 19.7. The normalized spacial score (nSPS) is 11.6. The summed E-state index contributed by atoms with van der Waals surface area (Å²) in [6.07, 6.45) is 1.60. The van der Waals surface area contributed by atoms with Crippen LogP contribution in [-0.4, -0.2) is 19.9 Å². The lowest BCUT2D eigenvalue weighted by Gasteiger charge is -2.08. The standard InChI is InChI=1S/C44H26N4O2/c1-4-12-27(13-5-1)30-22-23-34-36(25-30)49-42-37(45-26-46-39(34)42)31-18-10-19-32(24-31)44-47-38(29-16-8-3-9-17-29)43-40(48-44)35-21-11-20-33(41(35)50-43)28-14-6-2-7-15-28/h1-26H. The molecule has 0 aliphatic heterocycles. The molecular formula is C44H26N4O2. The van der Waals surface area contributed by atoms with Gasteiger partial charge in [-0.15, -0.1) is 0 Å². The smallest absolute Gasteiger partial charge is 0.180 e. The first-order valence-corrected chi connectivity index (χ1v) is 16.5. The van der Waals surface area contributed by atoms with Gasteiger partial charge >= 0.3 is 0 Å². The second-order valence-electron chi connectivity index (χ2n) is 12.2. The van der Waals surface area contributed by atoms with Crippen molar-refractivity contribution in [2.45, 2.75) is 0 Å². The van der Waals surface area contributed by atoms with E-state index in [1.54, 1.807) is 6.33 Å². The van der Waals surface area contributed by atoms with Gasteiger partial charge < -0.3 is 8.83 Å². The molecule has 0 N–H and O–H groups in total. The Morgan fingerprint density at radius 1 is 0.380 bits per heavy atom. The van der Waals surface area contributed by atoms with E-state index in [1.807, 2.05) is 72.8 Å². The Hall–Kier alpha value is -6.92. The van der Waals surface area contributed by atoms with Crippen LogP contribution in [0.1, 0.15) is 0 Å². The zero-order valence-corrected chi connectivity index (χ0v) is 26.6. The van der Waals surface area contributed by atoms with E-state index in [1.165, 1.54) is 0 Å². The van der Waals surface area contributed by atoms with E-state index in [-0.39, 0.29) is 0 Å². The predicted octanol–water partition coefficient (Wildman–Crippen LogP) is 11.4. The molecule has 0 saturated heterocycles. The molecule has 50 heavy (non-hydrogen) atoms.